The van der Waals surface area contributed by atoms with Gasteiger partial charge in [-0.05, 0) is 31.4 Å². The van der Waals surface area contributed by atoms with Gasteiger partial charge in [0.2, 0.25) is 0 Å². The highest BCUT2D eigenvalue weighted by Crippen LogP contribution is 2.27. The molecule has 0 bridgehead atoms. The third kappa shape index (κ3) is 3.43. The van der Waals surface area contributed by atoms with E-state index in [4.69, 9.17) is 11.6 Å². The van der Waals surface area contributed by atoms with E-state index in [1.807, 2.05) is 31.2 Å². The van der Waals surface area contributed by atoms with E-state index in [-0.39, 0.29) is 0 Å². The zero-order chi connectivity index (χ0) is 12.2. The smallest absolute Gasteiger partial charge is 0.122 e. The van der Waals surface area contributed by atoms with Crippen molar-refractivity contribution < 1.29 is 0 Å². The molecule has 1 N–H and O–H groups in total. The summed E-state index contributed by atoms with van der Waals surface area (Å²) in [5, 5.41) is 13.1. The van der Waals surface area contributed by atoms with Crippen LogP contribution in [0.5, 0.6) is 0 Å². The van der Waals surface area contributed by atoms with Gasteiger partial charge < -0.3 is 5.32 Å². The molecule has 0 aliphatic carbocycles. The van der Waals surface area contributed by atoms with Crippen molar-refractivity contribution in [1.82, 2.24) is 0 Å². The largest absolute Gasteiger partial charge is 0.366 e. The van der Waals surface area contributed by atoms with Crippen LogP contribution in [0.15, 0.2) is 24.3 Å². The van der Waals surface area contributed by atoms with Crippen LogP contribution in [0.1, 0.15) is 27.2 Å². The lowest BCUT2D eigenvalue weighted by molar-refractivity contribution is 0.474. The standard InChI is InChI=1S/C13H17ClN2/c1-10(2)8-13(3,9-15)16-12-7-5-4-6-11(12)14/h4-7,10,16H,8H2,1-3H3. The molecule has 0 aliphatic rings. The Morgan fingerprint density at radius 3 is 2.56 bits per heavy atom. The fraction of sp³-hybridized carbons (Fsp3) is 0.462. The molecule has 1 aromatic rings. The minimum atomic E-state index is -0.570. The van der Waals surface area contributed by atoms with Gasteiger partial charge in [-0.3, -0.25) is 0 Å². The molecule has 16 heavy (non-hydrogen) atoms. The van der Waals surface area contributed by atoms with Crippen LogP contribution in [0.3, 0.4) is 0 Å². The van der Waals surface area contributed by atoms with Gasteiger partial charge in [0.1, 0.15) is 5.54 Å². The minimum absolute atomic E-state index is 0.458. The summed E-state index contributed by atoms with van der Waals surface area (Å²) in [6, 6.07) is 9.80. The molecular formula is C13H17ClN2. The number of benzene rings is 1. The second-order valence-corrected chi connectivity index (χ2v) is 5.05. The summed E-state index contributed by atoms with van der Waals surface area (Å²) in [6.07, 6.45) is 0.786. The number of halogens is 1. The molecule has 0 heterocycles. The maximum absolute atomic E-state index is 9.23. The second-order valence-electron chi connectivity index (χ2n) is 4.65. The Labute approximate surface area is 102 Å². The number of nitrogens with one attached hydrogen (secondary N) is 1. The predicted octanol–water partition coefficient (Wildman–Crippen LogP) is 4.08. The molecule has 2 nitrogen and oxygen atoms in total. The first-order valence-corrected chi connectivity index (χ1v) is 5.78. The Morgan fingerprint density at radius 2 is 2.06 bits per heavy atom. The third-order valence-electron chi connectivity index (χ3n) is 2.35. The summed E-state index contributed by atoms with van der Waals surface area (Å²) < 4.78 is 0. The van der Waals surface area contributed by atoms with E-state index in [1.54, 1.807) is 0 Å². The van der Waals surface area contributed by atoms with Crippen molar-refractivity contribution in [1.29, 1.82) is 5.26 Å². The van der Waals surface area contributed by atoms with Gasteiger partial charge in [-0.15, -0.1) is 0 Å². The van der Waals surface area contributed by atoms with Gasteiger partial charge in [-0.2, -0.15) is 5.26 Å². The molecule has 0 spiro atoms. The van der Waals surface area contributed by atoms with Crippen LogP contribution in [0, 0.1) is 17.2 Å². The Bertz CT molecular complexity index is 395. The first-order valence-electron chi connectivity index (χ1n) is 5.41. The second kappa shape index (κ2) is 5.23. The molecular weight excluding hydrogens is 220 g/mol. The van der Waals surface area contributed by atoms with E-state index in [0.29, 0.717) is 10.9 Å². The van der Waals surface area contributed by atoms with Gasteiger partial charge in [0.25, 0.3) is 0 Å². The normalized spacial score (nSPS) is 14.2. The highest BCUT2D eigenvalue weighted by atomic mass is 35.5. The summed E-state index contributed by atoms with van der Waals surface area (Å²) in [4.78, 5) is 0. The fourth-order valence-corrected chi connectivity index (χ4v) is 1.98. The third-order valence-corrected chi connectivity index (χ3v) is 2.68. The monoisotopic (exact) mass is 236 g/mol. The van der Waals surface area contributed by atoms with Crippen molar-refractivity contribution in [2.45, 2.75) is 32.7 Å². The summed E-state index contributed by atoms with van der Waals surface area (Å²) in [6.45, 7) is 6.10. The molecule has 1 atom stereocenters. The number of hydrogen-bond acceptors (Lipinski definition) is 2. The molecule has 0 saturated heterocycles. The summed E-state index contributed by atoms with van der Waals surface area (Å²) >= 11 is 6.05. The Hall–Kier alpha value is -1.20. The van der Waals surface area contributed by atoms with Gasteiger partial charge in [0.05, 0.1) is 16.8 Å². The maximum atomic E-state index is 9.23. The van der Waals surface area contributed by atoms with Crippen LogP contribution in [-0.2, 0) is 0 Å². The van der Waals surface area contributed by atoms with Crippen LogP contribution in [0.25, 0.3) is 0 Å². The van der Waals surface area contributed by atoms with Gasteiger partial charge in [-0.25, -0.2) is 0 Å². The van der Waals surface area contributed by atoms with E-state index in [1.165, 1.54) is 0 Å². The van der Waals surface area contributed by atoms with Crippen molar-refractivity contribution in [3.63, 3.8) is 0 Å². The molecule has 1 aromatic carbocycles. The molecule has 0 aromatic heterocycles. The van der Waals surface area contributed by atoms with E-state index < -0.39 is 5.54 Å². The Balaban J connectivity index is 2.86. The van der Waals surface area contributed by atoms with Gasteiger partial charge in [0.15, 0.2) is 0 Å². The number of para-hydroxylation sites is 1. The maximum Gasteiger partial charge on any atom is 0.122 e. The van der Waals surface area contributed by atoms with Crippen LogP contribution >= 0.6 is 11.6 Å². The van der Waals surface area contributed by atoms with E-state index >= 15 is 0 Å². The van der Waals surface area contributed by atoms with E-state index in [2.05, 4.69) is 25.2 Å². The van der Waals surface area contributed by atoms with Crippen molar-refractivity contribution in [2.75, 3.05) is 5.32 Å². The predicted molar refractivity (Wildman–Crippen MR) is 68.5 cm³/mol. The van der Waals surface area contributed by atoms with Gasteiger partial charge in [0, 0.05) is 0 Å². The fourth-order valence-electron chi connectivity index (χ4n) is 1.80. The molecule has 0 aliphatic heterocycles. The number of rotatable bonds is 4. The zero-order valence-corrected chi connectivity index (χ0v) is 10.7. The highest BCUT2D eigenvalue weighted by molar-refractivity contribution is 6.33. The number of anilines is 1. The van der Waals surface area contributed by atoms with Crippen LogP contribution < -0.4 is 5.32 Å². The molecule has 1 unspecified atom stereocenters. The SMILES string of the molecule is CC(C)CC(C)(C#N)Nc1ccccc1Cl. The highest BCUT2D eigenvalue weighted by Gasteiger charge is 2.25. The van der Waals surface area contributed by atoms with Gasteiger partial charge >= 0.3 is 0 Å². The number of nitriles is 1. The molecule has 0 amide bonds. The van der Waals surface area contributed by atoms with Crippen molar-refractivity contribution in [3.8, 4) is 6.07 Å². The molecule has 0 fully saturated rings. The van der Waals surface area contributed by atoms with Crippen LogP contribution in [0.2, 0.25) is 5.02 Å². The summed E-state index contributed by atoms with van der Waals surface area (Å²) in [7, 11) is 0. The van der Waals surface area contributed by atoms with E-state index in [0.717, 1.165) is 12.1 Å². The first kappa shape index (κ1) is 12.9. The molecule has 0 radical (unpaired) electrons. The molecule has 3 heteroatoms. The van der Waals surface area contributed by atoms with Crippen LogP contribution in [-0.4, -0.2) is 5.54 Å². The lowest BCUT2D eigenvalue weighted by Crippen LogP contribution is -2.34. The van der Waals surface area contributed by atoms with Crippen molar-refractivity contribution in [3.05, 3.63) is 29.3 Å². The topological polar surface area (TPSA) is 35.8 Å². The van der Waals surface area contributed by atoms with Crippen molar-refractivity contribution in [2.24, 2.45) is 5.92 Å². The lowest BCUT2D eigenvalue weighted by Gasteiger charge is -2.26. The average Bonchev–Trinajstić information content (AvgIpc) is 2.20. The Morgan fingerprint density at radius 1 is 1.44 bits per heavy atom. The minimum Gasteiger partial charge on any atom is -0.366 e. The number of hydrogen-bond donors (Lipinski definition) is 1. The molecule has 1 rings (SSSR count). The number of nitrogens with zero attached hydrogens (tertiary/aromatic N) is 1. The molecule has 86 valence electrons. The quantitative estimate of drug-likeness (QED) is 0.855. The summed E-state index contributed by atoms with van der Waals surface area (Å²) in [5.74, 6) is 0.458. The van der Waals surface area contributed by atoms with E-state index in [9.17, 15) is 5.26 Å². The molecule has 0 saturated carbocycles. The van der Waals surface area contributed by atoms with Gasteiger partial charge in [-0.1, -0.05) is 37.6 Å². The Kier molecular flexibility index (Phi) is 4.20. The zero-order valence-electron chi connectivity index (χ0n) is 9.92. The lowest BCUT2D eigenvalue weighted by atomic mass is 9.92. The van der Waals surface area contributed by atoms with Crippen LogP contribution in [0.4, 0.5) is 5.69 Å². The van der Waals surface area contributed by atoms with Crippen molar-refractivity contribution >= 4 is 17.3 Å². The summed E-state index contributed by atoms with van der Waals surface area (Å²) in [5.41, 5.74) is 0.243. The first-order chi connectivity index (χ1) is 7.47. The average molecular weight is 237 g/mol.